The Balaban J connectivity index is 1.93. The number of ether oxygens (including phenoxy) is 1. The molecule has 122 valence electrons. The summed E-state index contributed by atoms with van der Waals surface area (Å²) in [6, 6.07) is 15.1. The Kier molecular flexibility index (Phi) is 5.63. The Morgan fingerprint density at radius 1 is 0.913 bits per heavy atom. The summed E-state index contributed by atoms with van der Waals surface area (Å²) < 4.78 is 5.10. The van der Waals surface area contributed by atoms with E-state index in [-0.39, 0.29) is 11.9 Å². The normalized spacial score (nSPS) is 11.9. The Labute approximate surface area is 137 Å². The third-order valence-electron chi connectivity index (χ3n) is 3.71. The number of benzene rings is 2. The predicted molar refractivity (Wildman–Crippen MR) is 95.2 cm³/mol. The summed E-state index contributed by atoms with van der Waals surface area (Å²) in [4.78, 5) is 12.2. The molecular weight excluding hydrogens is 288 g/mol. The summed E-state index contributed by atoms with van der Waals surface area (Å²) in [5, 5.41) is 6.10. The van der Waals surface area contributed by atoms with Crippen LogP contribution in [0.1, 0.15) is 32.3 Å². The van der Waals surface area contributed by atoms with Gasteiger partial charge in [0, 0.05) is 11.4 Å². The molecule has 0 heterocycles. The fourth-order valence-electron chi connectivity index (χ4n) is 2.20. The molecule has 0 aliphatic heterocycles. The minimum atomic E-state index is -0.331. The van der Waals surface area contributed by atoms with Gasteiger partial charge in [0.05, 0.1) is 7.11 Å². The SMILES string of the molecule is COc1ccc(NC(=O)C(C)Nc2ccc(C(C)C)cc2)cc1. The first kappa shape index (κ1) is 16.9. The lowest BCUT2D eigenvalue weighted by Gasteiger charge is -2.16. The number of methoxy groups -OCH3 is 1. The van der Waals surface area contributed by atoms with Gasteiger partial charge < -0.3 is 15.4 Å². The number of hydrogen-bond donors (Lipinski definition) is 2. The zero-order chi connectivity index (χ0) is 16.8. The number of carbonyl (C=O) groups is 1. The van der Waals surface area contributed by atoms with Gasteiger partial charge in [-0.1, -0.05) is 26.0 Å². The van der Waals surface area contributed by atoms with Gasteiger partial charge in [0.25, 0.3) is 0 Å². The van der Waals surface area contributed by atoms with Gasteiger partial charge in [-0.3, -0.25) is 4.79 Å². The molecule has 0 bridgehead atoms. The van der Waals surface area contributed by atoms with Crippen LogP contribution in [0, 0.1) is 0 Å². The first-order valence-corrected chi connectivity index (χ1v) is 7.81. The second-order valence-electron chi connectivity index (χ2n) is 5.86. The Morgan fingerprint density at radius 3 is 2.00 bits per heavy atom. The number of rotatable bonds is 6. The number of hydrogen-bond acceptors (Lipinski definition) is 3. The lowest BCUT2D eigenvalue weighted by atomic mass is 10.0. The van der Waals surface area contributed by atoms with Crippen LogP contribution in [0.25, 0.3) is 0 Å². The van der Waals surface area contributed by atoms with Crippen LogP contribution < -0.4 is 15.4 Å². The van der Waals surface area contributed by atoms with Gasteiger partial charge >= 0.3 is 0 Å². The smallest absolute Gasteiger partial charge is 0.246 e. The average molecular weight is 312 g/mol. The molecule has 4 heteroatoms. The van der Waals surface area contributed by atoms with E-state index in [0.717, 1.165) is 17.1 Å². The molecule has 2 aromatic rings. The summed E-state index contributed by atoms with van der Waals surface area (Å²) in [5.74, 6) is 1.18. The summed E-state index contributed by atoms with van der Waals surface area (Å²) in [6.07, 6.45) is 0. The molecule has 0 aliphatic rings. The average Bonchev–Trinajstić information content (AvgIpc) is 2.56. The summed E-state index contributed by atoms with van der Waals surface area (Å²) >= 11 is 0. The number of amides is 1. The summed E-state index contributed by atoms with van der Waals surface area (Å²) in [6.45, 7) is 6.16. The Bertz CT molecular complexity index is 633. The molecule has 0 aromatic heterocycles. The third kappa shape index (κ3) is 4.74. The molecule has 23 heavy (non-hydrogen) atoms. The van der Waals surface area contributed by atoms with Gasteiger partial charge in [0.1, 0.15) is 11.8 Å². The molecule has 4 nitrogen and oxygen atoms in total. The van der Waals surface area contributed by atoms with E-state index in [4.69, 9.17) is 4.74 Å². The van der Waals surface area contributed by atoms with E-state index in [9.17, 15) is 4.79 Å². The molecule has 1 unspecified atom stereocenters. The standard InChI is InChI=1S/C19H24N2O2/c1-13(2)15-5-7-16(8-6-15)20-14(3)19(22)21-17-9-11-18(23-4)12-10-17/h5-14,20H,1-4H3,(H,21,22). The van der Waals surface area contributed by atoms with Crippen molar-refractivity contribution in [3.8, 4) is 5.75 Å². The van der Waals surface area contributed by atoms with Crippen molar-refractivity contribution < 1.29 is 9.53 Å². The molecule has 0 radical (unpaired) electrons. The van der Waals surface area contributed by atoms with Gasteiger partial charge in [0.15, 0.2) is 0 Å². The second-order valence-corrected chi connectivity index (χ2v) is 5.86. The lowest BCUT2D eigenvalue weighted by Crippen LogP contribution is -2.31. The van der Waals surface area contributed by atoms with Crippen molar-refractivity contribution in [1.82, 2.24) is 0 Å². The molecule has 0 saturated carbocycles. The third-order valence-corrected chi connectivity index (χ3v) is 3.71. The molecule has 0 aliphatic carbocycles. The van der Waals surface area contributed by atoms with Gasteiger partial charge in [-0.15, -0.1) is 0 Å². The van der Waals surface area contributed by atoms with Crippen LogP contribution >= 0.6 is 0 Å². The van der Waals surface area contributed by atoms with Crippen molar-refractivity contribution in [3.05, 3.63) is 54.1 Å². The van der Waals surface area contributed by atoms with E-state index in [1.807, 2.05) is 43.3 Å². The van der Waals surface area contributed by atoms with Crippen molar-refractivity contribution in [2.45, 2.75) is 32.7 Å². The molecule has 0 spiro atoms. The first-order chi connectivity index (χ1) is 11.0. The van der Waals surface area contributed by atoms with Crippen molar-refractivity contribution in [1.29, 1.82) is 0 Å². The van der Waals surface area contributed by atoms with E-state index in [1.165, 1.54) is 5.56 Å². The van der Waals surface area contributed by atoms with Gasteiger partial charge in [0.2, 0.25) is 5.91 Å². The van der Waals surface area contributed by atoms with E-state index >= 15 is 0 Å². The Hall–Kier alpha value is -2.49. The predicted octanol–water partition coefficient (Wildman–Crippen LogP) is 4.26. The minimum absolute atomic E-state index is 0.0805. The first-order valence-electron chi connectivity index (χ1n) is 7.81. The van der Waals surface area contributed by atoms with E-state index in [0.29, 0.717) is 5.92 Å². The van der Waals surface area contributed by atoms with Crippen molar-refractivity contribution in [3.63, 3.8) is 0 Å². The maximum atomic E-state index is 12.2. The van der Waals surface area contributed by atoms with Crippen LogP contribution in [0.4, 0.5) is 11.4 Å². The molecule has 1 amide bonds. The topological polar surface area (TPSA) is 50.4 Å². The molecule has 0 fully saturated rings. The molecule has 2 N–H and O–H groups in total. The van der Waals surface area contributed by atoms with Gasteiger partial charge in [-0.25, -0.2) is 0 Å². The zero-order valence-corrected chi connectivity index (χ0v) is 14.1. The fraction of sp³-hybridized carbons (Fsp3) is 0.316. The Morgan fingerprint density at radius 2 is 1.48 bits per heavy atom. The van der Waals surface area contributed by atoms with Gasteiger partial charge in [-0.05, 0) is 54.8 Å². The van der Waals surface area contributed by atoms with E-state index < -0.39 is 0 Å². The maximum absolute atomic E-state index is 12.2. The number of carbonyl (C=O) groups excluding carboxylic acids is 1. The highest BCUT2D eigenvalue weighted by atomic mass is 16.5. The molecule has 1 atom stereocenters. The highest BCUT2D eigenvalue weighted by Crippen LogP contribution is 2.18. The molecule has 2 aromatic carbocycles. The molecule has 2 rings (SSSR count). The monoisotopic (exact) mass is 312 g/mol. The van der Waals surface area contributed by atoms with E-state index in [2.05, 4.69) is 36.6 Å². The van der Waals surface area contributed by atoms with Crippen molar-refractivity contribution >= 4 is 17.3 Å². The van der Waals surface area contributed by atoms with Crippen LogP contribution in [0.3, 0.4) is 0 Å². The number of nitrogens with one attached hydrogen (secondary N) is 2. The summed E-state index contributed by atoms with van der Waals surface area (Å²) in [7, 11) is 1.62. The van der Waals surface area contributed by atoms with Crippen molar-refractivity contribution in [2.24, 2.45) is 0 Å². The number of anilines is 2. The second kappa shape index (κ2) is 7.68. The quantitative estimate of drug-likeness (QED) is 0.838. The highest BCUT2D eigenvalue weighted by Gasteiger charge is 2.13. The van der Waals surface area contributed by atoms with E-state index in [1.54, 1.807) is 7.11 Å². The van der Waals surface area contributed by atoms with Crippen molar-refractivity contribution in [2.75, 3.05) is 17.7 Å². The maximum Gasteiger partial charge on any atom is 0.246 e. The molecule has 0 saturated heterocycles. The van der Waals surface area contributed by atoms with Crippen LogP contribution in [-0.2, 0) is 4.79 Å². The van der Waals surface area contributed by atoms with Crippen LogP contribution in [0.15, 0.2) is 48.5 Å². The summed E-state index contributed by atoms with van der Waals surface area (Å²) in [5.41, 5.74) is 2.97. The molecular formula is C19H24N2O2. The zero-order valence-electron chi connectivity index (χ0n) is 14.1. The minimum Gasteiger partial charge on any atom is -0.497 e. The van der Waals surface area contributed by atoms with Crippen LogP contribution in [0.2, 0.25) is 0 Å². The van der Waals surface area contributed by atoms with Crippen LogP contribution in [0.5, 0.6) is 5.75 Å². The van der Waals surface area contributed by atoms with Gasteiger partial charge in [-0.2, -0.15) is 0 Å². The lowest BCUT2D eigenvalue weighted by molar-refractivity contribution is -0.116. The largest absolute Gasteiger partial charge is 0.497 e. The van der Waals surface area contributed by atoms with Crippen LogP contribution in [-0.4, -0.2) is 19.1 Å². The highest BCUT2D eigenvalue weighted by molar-refractivity contribution is 5.96. The fourth-order valence-corrected chi connectivity index (χ4v) is 2.20.